The normalized spacial score (nSPS) is 11.1. The monoisotopic (exact) mass is 294 g/mol. The largest absolute Gasteiger partial charge is 0.326 e. The van der Waals surface area contributed by atoms with Crippen LogP contribution in [0, 0.1) is 6.92 Å². The van der Waals surface area contributed by atoms with Crippen molar-refractivity contribution in [2.75, 3.05) is 10.0 Å². The summed E-state index contributed by atoms with van der Waals surface area (Å²) >= 11 is 0. The second-order valence-corrected chi connectivity index (χ2v) is 5.87. The summed E-state index contributed by atoms with van der Waals surface area (Å²) in [6.07, 6.45) is 1.25. The number of anilines is 2. The summed E-state index contributed by atoms with van der Waals surface area (Å²) in [5.74, 6) is -0.188. The number of carbonyl (C=O) groups is 1. The molecule has 0 aliphatic carbocycles. The Bertz CT molecular complexity index is 719. The van der Waals surface area contributed by atoms with E-state index in [0.29, 0.717) is 17.1 Å². The first-order chi connectivity index (χ1) is 9.38. The van der Waals surface area contributed by atoms with E-state index >= 15 is 0 Å². The minimum atomic E-state index is -3.67. The predicted molar refractivity (Wildman–Crippen MR) is 74.9 cm³/mol. The van der Waals surface area contributed by atoms with Gasteiger partial charge in [0.15, 0.2) is 0 Å². The maximum absolute atomic E-state index is 12.1. The van der Waals surface area contributed by atoms with Crippen molar-refractivity contribution < 1.29 is 13.2 Å². The molecule has 0 aliphatic heterocycles. The number of aromatic nitrogens is 2. The van der Waals surface area contributed by atoms with E-state index in [9.17, 15) is 13.2 Å². The Morgan fingerprint density at radius 1 is 1.20 bits per heavy atom. The molecule has 106 valence electrons. The summed E-state index contributed by atoms with van der Waals surface area (Å²) < 4.78 is 26.7. The summed E-state index contributed by atoms with van der Waals surface area (Å²) in [5.41, 5.74) is 1.46. The number of aromatic amines is 1. The molecule has 0 saturated heterocycles. The topological polar surface area (TPSA) is 104 Å². The third kappa shape index (κ3) is 3.15. The van der Waals surface area contributed by atoms with Crippen LogP contribution in [0.4, 0.5) is 11.4 Å². The fraction of sp³-hybridized carbons (Fsp3) is 0.167. The van der Waals surface area contributed by atoms with Crippen LogP contribution >= 0.6 is 0 Å². The maximum Gasteiger partial charge on any atom is 0.265 e. The highest BCUT2D eigenvalue weighted by Gasteiger charge is 2.18. The van der Waals surface area contributed by atoms with Gasteiger partial charge in [0, 0.05) is 18.3 Å². The number of aryl methyl sites for hydroxylation is 1. The summed E-state index contributed by atoms with van der Waals surface area (Å²) in [6.45, 7) is 3.03. The molecule has 8 heteroatoms. The van der Waals surface area contributed by atoms with Gasteiger partial charge in [-0.2, -0.15) is 5.10 Å². The van der Waals surface area contributed by atoms with Crippen molar-refractivity contribution in [2.24, 2.45) is 0 Å². The van der Waals surface area contributed by atoms with Gasteiger partial charge in [-0.25, -0.2) is 8.42 Å². The molecule has 1 heterocycles. The molecule has 0 bridgehead atoms. The second kappa shape index (κ2) is 5.33. The van der Waals surface area contributed by atoms with Gasteiger partial charge in [0.2, 0.25) is 5.91 Å². The van der Waals surface area contributed by atoms with Crippen LogP contribution in [0.25, 0.3) is 0 Å². The Morgan fingerprint density at radius 2 is 1.80 bits per heavy atom. The number of benzene rings is 1. The van der Waals surface area contributed by atoms with Crippen LogP contribution in [-0.2, 0) is 14.8 Å². The Labute approximate surface area is 116 Å². The highest BCUT2D eigenvalue weighted by Crippen LogP contribution is 2.19. The Morgan fingerprint density at radius 3 is 2.30 bits per heavy atom. The molecule has 1 aromatic heterocycles. The first-order valence-electron chi connectivity index (χ1n) is 5.79. The van der Waals surface area contributed by atoms with E-state index in [1.54, 1.807) is 31.2 Å². The summed E-state index contributed by atoms with van der Waals surface area (Å²) in [7, 11) is -3.67. The van der Waals surface area contributed by atoms with Crippen molar-refractivity contribution in [3.8, 4) is 0 Å². The Kier molecular flexibility index (Phi) is 3.75. The van der Waals surface area contributed by atoms with Crippen LogP contribution in [0.3, 0.4) is 0 Å². The van der Waals surface area contributed by atoms with Crippen LogP contribution < -0.4 is 10.0 Å². The molecule has 1 aromatic carbocycles. The third-order valence-corrected chi connectivity index (χ3v) is 4.03. The SMILES string of the molecule is CC(=O)Nc1ccc(NS(=O)(=O)c2cn[nH]c2C)cc1. The average molecular weight is 294 g/mol. The van der Waals surface area contributed by atoms with Gasteiger partial charge < -0.3 is 5.32 Å². The number of hydrogen-bond donors (Lipinski definition) is 3. The van der Waals surface area contributed by atoms with Crippen LogP contribution in [-0.4, -0.2) is 24.5 Å². The van der Waals surface area contributed by atoms with E-state index in [1.165, 1.54) is 13.1 Å². The minimum Gasteiger partial charge on any atom is -0.326 e. The quantitative estimate of drug-likeness (QED) is 0.794. The minimum absolute atomic E-state index is 0.100. The van der Waals surface area contributed by atoms with Crippen LogP contribution in [0.15, 0.2) is 35.4 Å². The van der Waals surface area contributed by atoms with Crippen molar-refractivity contribution in [1.82, 2.24) is 10.2 Å². The lowest BCUT2D eigenvalue weighted by atomic mass is 10.3. The van der Waals surface area contributed by atoms with Crippen molar-refractivity contribution in [2.45, 2.75) is 18.7 Å². The van der Waals surface area contributed by atoms with Crippen LogP contribution in [0.5, 0.6) is 0 Å². The molecule has 1 amide bonds. The molecule has 2 aromatic rings. The summed E-state index contributed by atoms with van der Waals surface area (Å²) in [6, 6.07) is 6.36. The first kappa shape index (κ1) is 14.1. The molecule has 0 unspecified atom stereocenters. The molecule has 20 heavy (non-hydrogen) atoms. The predicted octanol–water partition coefficient (Wildman–Crippen LogP) is 1.48. The molecule has 0 radical (unpaired) electrons. The lowest BCUT2D eigenvalue weighted by Crippen LogP contribution is -2.13. The van der Waals surface area contributed by atoms with E-state index < -0.39 is 10.0 Å². The first-order valence-corrected chi connectivity index (χ1v) is 7.27. The number of hydrogen-bond acceptors (Lipinski definition) is 4. The Balaban J connectivity index is 2.18. The van der Waals surface area contributed by atoms with Crippen molar-refractivity contribution in [3.05, 3.63) is 36.2 Å². The van der Waals surface area contributed by atoms with Gasteiger partial charge in [0.25, 0.3) is 10.0 Å². The van der Waals surface area contributed by atoms with Crippen LogP contribution in [0.2, 0.25) is 0 Å². The zero-order valence-electron chi connectivity index (χ0n) is 11.0. The fourth-order valence-corrected chi connectivity index (χ4v) is 2.84. The number of carbonyl (C=O) groups excluding carboxylic acids is 1. The van der Waals surface area contributed by atoms with E-state index in [2.05, 4.69) is 20.2 Å². The molecule has 0 atom stereocenters. The number of nitrogens with one attached hydrogen (secondary N) is 3. The number of amides is 1. The van der Waals surface area contributed by atoms with Crippen molar-refractivity contribution in [1.29, 1.82) is 0 Å². The van der Waals surface area contributed by atoms with Gasteiger partial charge in [-0.15, -0.1) is 0 Å². The summed E-state index contributed by atoms with van der Waals surface area (Å²) in [5, 5.41) is 8.86. The van der Waals surface area contributed by atoms with Crippen LogP contribution in [0.1, 0.15) is 12.6 Å². The van der Waals surface area contributed by atoms with E-state index in [1.807, 2.05) is 0 Å². The molecule has 7 nitrogen and oxygen atoms in total. The van der Waals surface area contributed by atoms with Crippen molar-refractivity contribution in [3.63, 3.8) is 0 Å². The van der Waals surface area contributed by atoms with E-state index in [4.69, 9.17) is 0 Å². The second-order valence-electron chi connectivity index (χ2n) is 4.22. The fourth-order valence-electron chi connectivity index (χ4n) is 1.65. The van der Waals surface area contributed by atoms with Gasteiger partial charge in [0.05, 0.1) is 11.9 Å². The highest BCUT2D eigenvalue weighted by molar-refractivity contribution is 7.92. The molecule has 2 rings (SSSR count). The number of H-pyrrole nitrogens is 1. The average Bonchev–Trinajstić information content (AvgIpc) is 2.78. The molecular formula is C12H14N4O3S. The van der Waals surface area contributed by atoms with E-state index in [0.717, 1.165) is 0 Å². The number of sulfonamides is 1. The third-order valence-electron chi connectivity index (χ3n) is 2.53. The molecule has 0 aliphatic rings. The van der Waals surface area contributed by atoms with Gasteiger partial charge in [-0.05, 0) is 31.2 Å². The zero-order valence-corrected chi connectivity index (χ0v) is 11.8. The molecular weight excluding hydrogens is 280 g/mol. The maximum atomic E-state index is 12.1. The van der Waals surface area contributed by atoms with Gasteiger partial charge in [-0.1, -0.05) is 0 Å². The number of nitrogens with zero attached hydrogens (tertiary/aromatic N) is 1. The summed E-state index contributed by atoms with van der Waals surface area (Å²) in [4.78, 5) is 11.0. The molecule has 0 spiro atoms. The zero-order chi connectivity index (χ0) is 14.8. The van der Waals surface area contributed by atoms with Gasteiger partial charge >= 0.3 is 0 Å². The highest BCUT2D eigenvalue weighted by atomic mass is 32.2. The van der Waals surface area contributed by atoms with Gasteiger partial charge in [0.1, 0.15) is 4.90 Å². The number of rotatable bonds is 4. The molecule has 0 saturated carbocycles. The molecule has 0 fully saturated rings. The molecule has 3 N–H and O–H groups in total. The lowest BCUT2D eigenvalue weighted by Gasteiger charge is -2.08. The van der Waals surface area contributed by atoms with Crippen molar-refractivity contribution >= 4 is 27.3 Å². The smallest absolute Gasteiger partial charge is 0.265 e. The standard InChI is InChI=1S/C12H14N4O3S/c1-8-12(7-13-15-8)20(18,19)16-11-5-3-10(4-6-11)14-9(2)17/h3-7,16H,1-2H3,(H,13,15)(H,14,17). The lowest BCUT2D eigenvalue weighted by molar-refractivity contribution is -0.114. The van der Waals surface area contributed by atoms with Gasteiger partial charge in [-0.3, -0.25) is 14.6 Å². The van der Waals surface area contributed by atoms with E-state index in [-0.39, 0.29) is 10.8 Å². The Hall–Kier alpha value is -2.35.